The van der Waals surface area contributed by atoms with Crippen LogP contribution in [0.5, 0.6) is 0 Å². The highest BCUT2D eigenvalue weighted by atomic mass is 16.3. The van der Waals surface area contributed by atoms with Crippen LogP contribution in [-0.2, 0) is 11.2 Å². The first-order valence-electron chi connectivity index (χ1n) is 6.91. The molecule has 0 bridgehead atoms. The highest BCUT2D eigenvalue weighted by Gasteiger charge is 2.40. The Morgan fingerprint density at radius 2 is 2.26 bits per heavy atom. The Balaban J connectivity index is 1.94. The van der Waals surface area contributed by atoms with Gasteiger partial charge in [-0.1, -0.05) is 19.3 Å². The molecule has 2 rings (SSSR count). The van der Waals surface area contributed by atoms with Crippen LogP contribution in [-0.4, -0.2) is 11.9 Å². The fraction of sp³-hybridized carbons (Fsp3) is 0.600. The van der Waals surface area contributed by atoms with Crippen molar-refractivity contribution in [3.8, 4) is 6.07 Å². The van der Waals surface area contributed by atoms with Crippen molar-refractivity contribution in [2.45, 2.75) is 51.5 Å². The van der Waals surface area contributed by atoms with E-state index < -0.39 is 5.41 Å². The van der Waals surface area contributed by atoms with Gasteiger partial charge in [0.25, 0.3) is 0 Å². The van der Waals surface area contributed by atoms with E-state index in [1.807, 2.05) is 19.1 Å². The van der Waals surface area contributed by atoms with E-state index in [4.69, 9.17) is 4.42 Å². The second kappa shape index (κ2) is 5.92. The Labute approximate surface area is 113 Å². The maximum atomic E-state index is 12.3. The topological polar surface area (TPSA) is 66.0 Å². The molecule has 1 fully saturated rings. The van der Waals surface area contributed by atoms with Crippen molar-refractivity contribution in [2.24, 2.45) is 5.41 Å². The third-order valence-corrected chi connectivity index (χ3v) is 3.82. The highest BCUT2D eigenvalue weighted by molar-refractivity contribution is 5.85. The first-order valence-corrected chi connectivity index (χ1v) is 6.91. The van der Waals surface area contributed by atoms with Gasteiger partial charge >= 0.3 is 0 Å². The number of furan rings is 1. The molecule has 1 heterocycles. The smallest absolute Gasteiger partial charge is 0.240 e. The standard InChI is InChI=1S/C15H20N2O2/c1-12(10-13-6-5-9-19-13)17-14(18)15(11-16)7-3-2-4-8-15/h5-6,9,12H,2-4,7-8,10H2,1H3,(H,17,18). The number of amides is 1. The number of rotatable bonds is 4. The van der Waals surface area contributed by atoms with Crippen LogP contribution in [0.1, 0.15) is 44.8 Å². The molecule has 0 aromatic carbocycles. The minimum atomic E-state index is -0.810. The van der Waals surface area contributed by atoms with Gasteiger partial charge in [-0.2, -0.15) is 5.26 Å². The largest absolute Gasteiger partial charge is 0.469 e. The SMILES string of the molecule is CC(Cc1ccco1)NC(=O)C1(C#N)CCCCC1. The minimum Gasteiger partial charge on any atom is -0.469 e. The molecule has 1 aromatic heterocycles. The van der Waals surface area contributed by atoms with Crippen LogP contribution in [0.2, 0.25) is 0 Å². The monoisotopic (exact) mass is 260 g/mol. The van der Waals surface area contributed by atoms with Gasteiger partial charge in [-0.25, -0.2) is 0 Å². The summed E-state index contributed by atoms with van der Waals surface area (Å²) in [5.74, 6) is 0.733. The Bertz CT molecular complexity index is 453. The van der Waals surface area contributed by atoms with E-state index in [-0.39, 0.29) is 11.9 Å². The maximum Gasteiger partial charge on any atom is 0.240 e. The number of carbonyl (C=O) groups is 1. The van der Waals surface area contributed by atoms with E-state index in [2.05, 4.69) is 11.4 Å². The summed E-state index contributed by atoms with van der Waals surface area (Å²) in [6.45, 7) is 1.94. The molecule has 1 aliphatic rings. The maximum absolute atomic E-state index is 12.3. The van der Waals surface area contributed by atoms with Gasteiger partial charge in [0.15, 0.2) is 0 Å². The molecule has 1 saturated carbocycles. The lowest BCUT2D eigenvalue weighted by molar-refractivity contribution is -0.130. The van der Waals surface area contributed by atoms with E-state index in [9.17, 15) is 10.1 Å². The van der Waals surface area contributed by atoms with Crippen molar-refractivity contribution in [3.05, 3.63) is 24.2 Å². The minimum absolute atomic E-state index is 0.0224. The molecule has 1 aromatic rings. The van der Waals surface area contributed by atoms with Gasteiger partial charge in [-0.3, -0.25) is 4.79 Å². The summed E-state index contributed by atoms with van der Waals surface area (Å²) >= 11 is 0. The van der Waals surface area contributed by atoms with E-state index in [1.165, 1.54) is 0 Å². The van der Waals surface area contributed by atoms with Crippen LogP contribution < -0.4 is 5.32 Å². The van der Waals surface area contributed by atoms with Gasteiger partial charge in [0.05, 0.1) is 12.3 Å². The molecular weight excluding hydrogens is 240 g/mol. The van der Waals surface area contributed by atoms with Gasteiger partial charge in [-0.05, 0) is 31.9 Å². The van der Waals surface area contributed by atoms with Crippen LogP contribution in [0.25, 0.3) is 0 Å². The summed E-state index contributed by atoms with van der Waals surface area (Å²) < 4.78 is 5.27. The molecule has 102 valence electrons. The van der Waals surface area contributed by atoms with E-state index in [1.54, 1.807) is 6.26 Å². The third kappa shape index (κ3) is 3.17. The normalized spacial score (nSPS) is 19.4. The van der Waals surface area contributed by atoms with Gasteiger partial charge in [0.1, 0.15) is 11.2 Å². The van der Waals surface area contributed by atoms with Crippen molar-refractivity contribution in [1.82, 2.24) is 5.32 Å². The Kier molecular flexibility index (Phi) is 4.26. The summed E-state index contributed by atoms with van der Waals surface area (Å²) in [5, 5.41) is 12.3. The number of nitrogens with zero attached hydrogens (tertiary/aromatic N) is 1. The summed E-state index contributed by atoms with van der Waals surface area (Å²) in [6, 6.07) is 5.95. The number of hydrogen-bond donors (Lipinski definition) is 1. The fourth-order valence-electron chi connectivity index (χ4n) is 2.69. The summed E-state index contributed by atoms with van der Waals surface area (Å²) in [6.07, 6.45) is 6.70. The number of hydrogen-bond acceptors (Lipinski definition) is 3. The summed E-state index contributed by atoms with van der Waals surface area (Å²) in [4.78, 5) is 12.3. The van der Waals surface area contributed by atoms with Gasteiger partial charge in [0, 0.05) is 12.5 Å². The second-order valence-electron chi connectivity index (χ2n) is 5.41. The van der Waals surface area contributed by atoms with Crippen LogP contribution in [0.4, 0.5) is 0 Å². The molecule has 4 heteroatoms. The molecule has 0 spiro atoms. The lowest BCUT2D eigenvalue weighted by Crippen LogP contribution is -2.45. The first-order chi connectivity index (χ1) is 9.16. The number of nitrogens with one attached hydrogen (secondary N) is 1. The lowest BCUT2D eigenvalue weighted by Gasteiger charge is -2.30. The molecule has 19 heavy (non-hydrogen) atoms. The van der Waals surface area contributed by atoms with Gasteiger partial charge in [-0.15, -0.1) is 0 Å². The summed E-state index contributed by atoms with van der Waals surface area (Å²) in [7, 11) is 0. The average molecular weight is 260 g/mol. The Hall–Kier alpha value is -1.76. The van der Waals surface area contributed by atoms with Crippen LogP contribution in [0, 0.1) is 16.7 Å². The highest BCUT2D eigenvalue weighted by Crippen LogP contribution is 2.35. The van der Waals surface area contributed by atoms with E-state index >= 15 is 0 Å². The van der Waals surface area contributed by atoms with Crippen LogP contribution in [0.15, 0.2) is 22.8 Å². The van der Waals surface area contributed by atoms with Crippen molar-refractivity contribution in [2.75, 3.05) is 0 Å². The molecule has 0 radical (unpaired) electrons. The molecule has 1 amide bonds. The zero-order chi connectivity index (χ0) is 13.7. The molecule has 0 aliphatic heterocycles. The molecule has 1 N–H and O–H groups in total. The number of nitriles is 1. The van der Waals surface area contributed by atoms with Gasteiger partial charge < -0.3 is 9.73 Å². The van der Waals surface area contributed by atoms with Crippen molar-refractivity contribution in [3.63, 3.8) is 0 Å². The zero-order valence-corrected chi connectivity index (χ0v) is 11.3. The lowest BCUT2D eigenvalue weighted by atomic mass is 9.74. The van der Waals surface area contributed by atoms with Crippen molar-refractivity contribution >= 4 is 5.91 Å². The molecule has 4 nitrogen and oxygen atoms in total. The van der Waals surface area contributed by atoms with Crippen molar-refractivity contribution in [1.29, 1.82) is 5.26 Å². The molecule has 1 unspecified atom stereocenters. The second-order valence-corrected chi connectivity index (χ2v) is 5.41. The Morgan fingerprint density at radius 1 is 1.53 bits per heavy atom. The predicted octanol–water partition coefficient (Wildman–Crippen LogP) is 2.80. The Morgan fingerprint density at radius 3 is 2.84 bits per heavy atom. The first kappa shape index (κ1) is 13.7. The van der Waals surface area contributed by atoms with Gasteiger partial charge in [0.2, 0.25) is 5.91 Å². The quantitative estimate of drug-likeness (QED) is 0.905. The third-order valence-electron chi connectivity index (χ3n) is 3.82. The average Bonchev–Trinajstić information content (AvgIpc) is 2.92. The fourth-order valence-corrected chi connectivity index (χ4v) is 2.69. The molecule has 0 saturated heterocycles. The van der Waals surface area contributed by atoms with E-state index in [0.29, 0.717) is 19.3 Å². The molecule has 1 atom stereocenters. The van der Waals surface area contributed by atoms with E-state index in [0.717, 1.165) is 25.0 Å². The molecule has 1 aliphatic carbocycles. The van der Waals surface area contributed by atoms with Crippen molar-refractivity contribution < 1.29 is 9.21 Å². The predicted molar refractivity (Wildman–Crippen MR) is 71.1 cm³/mol. The van der Waals surface area contributed by atoms with Crippen LogP contribution >= 0.6 is 0 Å². The zero-order valence-electron chi connectivity index (χ0n) is 11.3. The molecular formula is C15H20N2O2. The van der Waals surface area contributed by atoms with Crippen LogP contribution in [0.3, 0.4) is 0 Å². The summed E-state index contributed by atoms with van der Waals surface area (Å²) in [5.41, 5.74) is -0.810. The number of carbonyl (C=O) groups excluding carboxylic acids is 1.